The molecule has 0 fully saturated rings. The number of aliphatic hydroxyl groups is 1. The molecule has 220 valence electrons. The Labute approximate surface area is 229 Å². The molecule has 0 rings (SSSR count). The van der Waals surface area contributed by atoms with Crippen molar-refractivity contribution in [2.45, 2.75) is 169 Å². The van der Waals surface area contributed by atoms with Gasteiger partial charge in [0.15, 0.2) is 6.10 Å². The minimum Gasteiger partial charge on any atom is -0.462 e. The van der Waals surface area contributed by atoms with E-state index in [1.807, 2.05) is 0 Å². The van der Waals surface area contributed by atoms with Gasteiger partial charge in [-0.25, -0.2) is 0 Å². The molecule has 0 aliphatic rings. The maximum atomic E-state index is 12.1. The second kappa shape index (κ2) is 26.5. The molecule has 0 aliphatic carbocycles. The molecule has 0 heterocycles. The van der Waals surface area contributed by atoms with Gasteiger partial charge >= 0.3 is 11.9 Å². The van der Waals surface area contributed by atoms with Crippen LogP contribution >= 0.6 is 0 Å². The standard InChI is InChI=1S/C32H62O5/c1-5-29(4)23-19-15-11-7-9-13-17-21-25-32(35)37-30(26-33)27-36-31(34)24-20-16-12-8-6-10-14-18-22-28(2)3/h28-30,33H,5-27H2,1-4H3/t29?,30-/m0/s1. The topological polar surface area (TPSA) is 72.8 Å². The van der Waals surface area contributed by atoms with Crippen LogP contribution in [0.1, 0.15) is 163 Å². The maximum Gasteiger partial charge on any atom is 0.306 e. The van der Waals surface area contributed by atoms with Gasteiger partial charge in [-0.05, 0) is 24.7 Å². The van der Waals surface area contributed by atoms with E-state index >= 15 is 0 Å². The van der Waals surface area contributed by atoms with Gasteiger partial charge in [-0.15, -0.1) is 0 Å². The van der Waals surface area contributed by atoms with Gasteiger partial charge < -0.3 is 14.6 Å². The quantitative estimate of drug-likeness (QED) is 0.0854. The lowest BCUT2D eigenvalue weighted by molar-refractivity contribution is -0.161. The van der Waals surface area contributed by atoms with E-state index in [2.05, 4.69) is 27.7 Å². The first-order valence-electron chi connectivity index (χ1n) is 15.8. The summed E-state index contributed by atoms with van der Waals surface area (Å²) in [6.45, 7) is 8.77. The third kappa shape index (κ3) is 26.3. The monoisotopic (exact) mass is 526 g/mol. The second-order valence-electron chi connectivity index (χ2n) is 11.6. The van der Waals surface area contributed by atoms with E-state index in [0.717, 1.165) is 50.4 Å². The molecule has 5 nitrogen and oxygen atoms in total. The van der Waals surface area contributed by atoms with Crippen molar-refractivity contribution >= 4 is 11.9 Å². The Morgan fingerprint density at radius 1 is 0.622 bits per heavy atom. The summed E-state index contributed by atoms with van der Waals surface area (Å²) in [5.41, 5.74) is 0. The SMILES string of the molecule is CCC(C)CCCCCCCCCCC(=O)O[C@@H](CO)COC(=O)CCCCCCCCCCC(C)C. The van der Waals surface area contributed by atoms with Crippen LogP contribution in [0.4, 0.5) is 0 Å². The third-order valence-corrected chi connectivity index (χ3v) is 7.37. The van der Waals surface area contributed by atoms with E-state index in [1.54, 1.807) is 0 Å². The van der Waals surface area contributed by atoms with Crippen molar-refractivity contribution in [2.75, 3.05) is 13.2 Å². The maximum absolute atomic E-state index is 12.1. The molecule has 2 atom stereocenters. The van der Waals surface area contributed by atoms with Crippen LogP contribution in [0.5, 0.6) is 0 Å². The molecule has 0 aromatic heterocycles. The zero-order chi connectivity index (χ0) is 27.6. The third-order valence-electron chi connectivity index (χ3n) is 7.37. The minimum atomic E-state index is -0.762. The van der Waals surface area contributed by atoms with Crippen LogP contribution in [0, 0.1) is 11.8 Å². The molecule has 0 amide bonds. The summed E-state index contributed by atoms with van der Waals surface area (Å²) >= 11 is 0. The number of ether oxygens (including phenoxy) is 2. The van der Waals surface area contributed by atoms with Crippen LogP contribution in [-0.2, 0) is 19.1 Å². The zero-order valence-corrected chi connectivity index (χ0v) is 25.1. The van der Waals surface area contributed by atoms with E-state index in [0.29, 0.717) is 12.8 Å². The van der Waals surface area contributed by atoms with Crippen molar-refractivity contribution in [2.24, 2.45) is 11.8 Å². The highest BCUT2D eigenvalue weighted by atomic mass is 16.6. The summed E-state index contributed by atoms with van der Waals surface area (Å²) in [5.74, 6) is 1.08. The van der Waals surface area contributed by atoms with Crippen molar-refractivity contribution < 1.29 is 24.2 Å². The number of rotatable bonds is 27. The molecular weight excluding hydrogens is 464 g/mol. The van der Waals surface area contributed by atoms with Crippen LogP contribution in [0.25, 0.3) is 0 Å². The van der Waals surface area contributed by atoms with Crippen LogP contribution in [0.2, 0.25) is 0 Å². The minimum absolute atomic E-state index is 0.0610. The Hall–Kier alpha value is -1.10. The average Bonchev–Trinajstić information content (AvgIpc) is 2.88. The fourth-order valence-electron chi connectivity index (χ4n) is 4.54. The van der Waals surface area contributed by atoms with E-state index in [9.17, 15) is 14.7 Å². The highest BCUT2D eigenvalue weighted by Crippen LogP contribution is 2.16. The van der Waals surface area contributed by atoms with Gasteiger partial charge in [-0.3, -0.25) is 9.59 Å². The average molecular weight is 527 g/mol. The van der Waals surface area contributed by atoms with Gasteiger partial charge in [0, 0.05) is 12.8 Å². The lowest BCUT2D eigenvalue weighted by atomic mass is 9.99. The van der Waals surface area contributed by atoms with Gasteiger partial charge in [0.1, 0.15) is 6.61 Å². The van der Waals surface area contributed by atoms with Crippen molar-refractivity contribution in [3.05, 3.63) is 0 Å². The summed E-state index contributed by atoms with van der Waals surface area (Å²) in [5, 5.41) is 9.47. The first-order chi connectivity index (χ1) is 17.9. The number of unbranched alkanes of at least 4 members (excludes halogenated alkanes) is 14. The van der Waals surface area contributed by atoms with Gasteiger partial charge in [0.25, 0.3) is 0 Å². The van der Waals surface area contributed by atoms with Gasteiger partial charge in [0.05, 0.1) is 6.61 Å². The zero-order valence-electron chi connectivity index (χ0n) is 25.1. The number of esters is 2. The summed E-state index contributed by atoms with van der Waals surface area (Å²) in [7, 11) is 0. The Morgan fingerprint density at radius 3 is 1.51 bits per heavy atom. The fourth-order valence-corrected chi connectivity index (χ4v) is 4.54. The fraction of sp³-hybridized carbons (Fsp3) is 0.938. The predicted octanol–water partition coefficient (Wildman–Crippen LogP) is 8.94. The molecular formula is C32H62O5. The van der Waals surface area contributed by atoms with Crippen molar-refractivity contribution in [1.29, 1.82) is 0 Å². The number of hydrogen-bond donors (Lipinski definition) is 1. The lowest BCUT2D eigenvalue weighted by Crippen LogP contribution is -2.28. The van der Waals surface area contributed by atoms with E-state index in [-0.39, 0.29) is 25.2 Å². The number of carbonyl (C=O) groups excluding carboxylic acids is 2. The molecule has 5 heteroatoms. The van der Waals surface area contributed by atoms with Crippen LogP contribution in [0.3, 0.4) is 0 Å². The summed E-state index contributed by atoms with van der Waals surface area (Å²) in [6.07, 6.45) is 23.0. The normalized spacial score (nSPS) is 13.0. The Kier molecular flexibility index (Phi) is 25.7. The molecule has 0 radical (unpaired) electrons. The first-order valence-corrected chi connectivity index (χ1v) is 15.8. The molecule has 0 spiro atoms. The summed E-state index contributed by atoms with van der Waals surface area (Å²) in [6, 6.07) is 0. The van der Waals surface area contributed by atoms with Crippen LogP contribution in [-0.4, -0.2) is 36.4 Å². The molecule has 0 aromatic carbocycles. The second-order valence-corrected chi connectivity index (χ2v) is 11.6. The van der Waals surface area contributed by atoms with E-state index in [1.165, 1.54) is 83.5 Å². The highest BCUT2D eigenvalue weighted by molar-refractivity contribution is 5.70. The highest BCUT2D eigenvalue weighted by Gasteiger charge is 2.16. The molecule has 0 saturated carbocycles. The molecule has 0 bridgehead atoms. The number of aliphatic hydroxyl groups excluding tert-OH is 1. The van der Waals surface area contributed by atoms with Crippen molar-refractivity contribution in [3.8, 4) is 0 Å². The Bertz CT molecular complexity index is 519. The van der Waals surface area contributed by atoms with Crippen LogP contribution < -0.4 is 0 Å². The molecule has 1 N–H and O–H groups in total. The predicted molar refractivity (Wildman–Crippen MR) is 155 cm³/mol. The van der Waals surface area contributed by atoms with E-state index < -0.39 is 6.10 Å². The smallest absolute Gasteiger partial charge is 0.306 e. The largest absolute Gasteiger partial charge is 0.462 e. The molecule has 0 aromatic rings. The Balaban J connectivity index is 3.60. The Morgan fingerprint density at radius 2 is 1.05 bits per heavy atom. The van der Waals surface area contributed by atoms with Crippen molar-refractivity contribution in [3.63, 3.8) is 0 Å². The van der Waals surface area contributed by atoms with Gasteiger partial charge in [-0.2, -0.15) is 0 Å². The number of carbonyl (C=O) groups is 2. The van der Waals surface area contributed by atoms with E-state index in [4.69, 9.17) is 9.47 Å². The molecule has 0 aliphatic heterocycles. The lowest BCUT2D eigenvalue weighted by Gasteiger charge is -2.15. The van der Waals surface area contributed by atoms with Gasteiger partial charge in [0.2, 0.25) is 0 Å². The van der Waals surface area contributed by atoms with Gasteiger partial charge in [-0.1, -0.05) is 137 Å². The van der Waals surface area contributed by atoms with Crippen molar-refractivity contribution in [1.82, 2.24) is 0 Å². The molecule has 37 heavy (non-hydrogen) atoms. The first kappa shape index (κ1) is 35.9. The molecule has 0 saturated heterocycles. The molecule has 1 unspecified atom stereocenters. The van der Waals surface area contributed by atoms with Crippen LogP contribution in [0.15, 0.2) is 0 Å². The summed E-state index contributed by atoms with van der Waals surface area (Å²) in [4.78, 5) is 24.0. The summed E-state index contributed by atoms with van der Waals surface area (Å²) < 4.78 is 10.5. The number of hydrogen-bond acceptors (Lipinski definition) is 5.